The molecule has 1 saturated heterocycles. The molecule has 0 aliphatic carbocycles. The lowest BCUT2D eigenvalue weighted by molar-refractivity contribution is -0.134. The van der Waals surface area contributed by atoms with Crippen LogP contribution in [0.2, 0.25) is 0 Å². The molecule has 0 aromatic carbocycles. The largest absolute Gasteiger partial charge is 0.352 e. The average molecular weight is 327 g/mol. The standard InChI is InChI=1S/C12H22N4O2.2ClH/c1-3-4-14-11(17)9-15-5-7-16(8-6-15)12(18)10(2)13;;/h3,10H,1,4-9,13H2,2H3,(H,14,17);2*1H/t10-;;/m0../s1. The van der Waals surface area contributed by atoms with E-state index in [2.05, 4.69) is 11.9 Å². The zero-order chi connectivity index (χ0) is 13.5. The van der Waals surface area contributed by atoms with Crippen molar-refractivity contribution in [3.63, 3.8) is 0 Å². The lowest BCUT2D eigenvalue weighted by atomic mass is 10.2. The first-order chi connectivity index (χ1) is 8.54. The van der Waals surface area contributed by atoms with E-state index >= 15 is 0 Å². The van der Waals surface area contributed by atoms with Gasteiger partial charge in [0.15, 0.2) is 0 Å². The Morgan fingerprint density at radius 1 is 1.30 bits per heavy atom. The van der Waals surface area contributed by atoms with Crippen LogP contribution in [0.3, 0.4) is 0 Å². The van der Waals surface area contributed by atoms with Crippen LogP contribution in [0, 0.1) is 0 Å². The number of piperazine rings is 1. The average Bonchev–Trinajstić information content (AvgIpc) is 2.36. The molecule has 1 atom stereocenters. The number of nitrogens with two attached hydrogens (primary N) is 1. The van der Waals surface area contributed by atoms with Gasteiger partial charge >= 0.3 is 0 Å². The number of carbonyl (C=O) groups is 2. The van der Waals surface area contributed by atoms with E-state index in [0.717, 1.165) is 0 Å². The summed E-state index contributed by atoms with van der Waals surface area (Å²) in [7, 11) is 0. The zero-order valence-corrected chi connectivity index (χ0v) is 13.3. The number of rotatable bonds is 5. The van der Waals surface area contributed by atoms with Crippen LogP contribution in [0.5, 0.6) is 0 Å². The summed E-state index contributed by atoms with van der Waals surface area (Å²) in [5, 5.41) is 2.73. The Labute approximate surface area is 132 Å². The summed E-state index contributed by atoms with van der Waals surface area (Å²) in [5.74, 6) is -0.0346. The lowest BCUT2D eigenvalue weighted by Gasteiger charge is -2.35. The van der Waals surface area contributed by atoms with E-state index in [1.807, 2.05) is 4.90 Å². The molecule has 1 aliphatic heterocycles. The minimum atomic E-state index is -0.451. The Kier molecular flexibility index (Phi) is 11.7. The van der Waals surface area contributed by atoms with Crippen LogP contribution in [0.15, 0.2) is 12.7 Å². The number of hydrogen-bond acceptors (Lipinski definition) is 4. The first-order valence-corrected chi connectivity index (χ1v) is 6.19. The molecule has 1 aliphatic rings. The van der Waals surface area contributed by atoms with E-state index in [4.69, 9.17) is 5.73 Å². The fraction of sp³-hybridized carbons (Fsp3) is 0.667. The third-order valence-corrected chi connectivity index (χ3v) is 2.88. The highest BCUT2D eigenvalue weighted by atomic mass is 35.5. The van der Waals surface area contributed by atoms with Crippen LogP contribution >= 0.6 is 24.8 Å². The molecule has 3 N–H and O–H groups in total. The summed E-state index contributed by atoms with van der Waals surface area (Å²) in [6.07, 6.45) is 1.65. The molecule has 1 heterocycles. The maximum atomic E-state index is 11.7. The van der Waals surface area contributed by atoms with E-state index in [1.54, 1.807) is 17.9 Å². The molecule has 1 rings (SSSR count). The number of nitrogens with zero attached hydrogens (tertiary/aromatic N) is 2. The zero-order valence-electron chi connectivity index (χ0n) is 11.7. The molecule has 118 valence electrons. The lowest BCUT2D eigenvalue weighted by Crippen LogP contribution is -2.54. The molecule has 2 amide bonds. The van der Waals surface area contributed by atoms with Gasteiger partial charge in [-0.2, -0.15) is 0 Å². The van der Waals surface area contributed by atoms with Crippen LogP contribution in [0.4, 0.5) is 0 Å². The molecule has 6 nitrogen and oxygen atoms in total. The van der Waals surface area contributed by atoms with E-state index in [1.165, 1.54) is 0 Å². The van der Waals surface area contributed by atoms with Gasteiger partial charge in [-0.15, -0.1) is 31.4 Å². The Morgan fingerprint density at radius 3 is 2.30 bits per heavy atom. The van der Waals surface area contributed by atoms with Gasteiger partial charge in [-0.1, -0.05) is 6.08 Å². The summed E-state index contributed by atoms with van der Waals surface area (Å²) in [5.41, 5.74) is 5.56. The van der Waals surface area contributed by atoms with E-state index in [9.17, 15) is 9.59 Å². The first kappa shape index (κ1) is 21.5. The highest BCUT2D eigenvalue weighted by Gasteiger charge is 2.23. The van der Waals surface area contributed by atoms with E-state index in [0.29, 0.717) is 39.3 Å². The molecule has 8 heteroatoms. The Balaban J connectivity index is 0. The third kappa shape index (κ3) is 7.09. The smallest absolute Gasteiger partial charge is 0.239 e. The molecule has 0 unspecified atom stereocenters. The Morgan fingerprint density at radius 2 is 1.85 bits per heavy atom. The molecule has 0 saturated carbocycles. The van der Waals surface area contributed by atoms with Gasteiger partial charge in [-0.3, -0.25) is 14.5 Å². The molecule has 0 radical (unpaired) electrons. The predicted octanol–water partition coefficient (Wildman–Crippen LogP) is -0.376. The maximum absolute atomic E-state index is 11.7. The van der Waals surface area contributed by atoms with Crippen LogP contribution in [-0.2, 0) is 9.59 Å². The minimum absolute atomic E-state index is 0. The second-order valence-corrected chi connectivity index (χ2v) is 4.48. The van der Waals surface area contributed by atoms with Crippen molar-refractivity contribution in [3.8, 4) is 0 Å². The fourth-order valence-electron chi connectivity index (χ4n) is 1.86. The minimum Gasteiger partial charge on any atom is -0.352 e. The molecule has 20 heavy (non-hydrogen) atoms. The second kappa shape index (κ2) is 10.9. The van der Waals surface area contributed by atoms with Gasteiger partial charge in [0, 0.05) is 32.7 Å². The highest BCUT2D eigenvalue weighted by Crippen LogP contribution is 2.03. The van der Waals surface area contributed by atoms with E-state index < -0.39 is 6.04 Å². The van der Waals surface area contributed by atoms with Gasteiger partial charge in [0.2, 0.25) is 11.8 Å². The van der Waals surface area contributed by atoms with Crippen molar-refractivity contribution in [2.45, 2.75) is 13.0 Å². The fourth-order valence-corrected chi connectivity index (χ4v) is 1.86. The van der Waals surface area contributed by atoms with Crippen LogP contribution < -0.4 is 11.1 Å². The summed E-state index contributed by atoms with van der Waals surface area (Å²) in [6, 6.07) is -0.451. The van der Waals surface area contributed by atoms with Gasteiger partial charge in [0.1, 0.15) is 0 Å². The summed E-state index contributed by atoms with van der Waals surface area (Å²) in [4.78, 5) is 26.9. The quantitative estimate of drug-likeness (QED) is 0.675. The van der Waals surface area contributed by atoms with Crippen LogP contribution in [0.25, 0.3) is 0 Å². The van der Waals surface area contributed by atoms with Crippen molar-refractivity contribution in [1.82, 2.24) is 15.1 Å². The van der Waals surface area contributed by atoms with Crippen molar-refractivity contribution >= 4 is 36.6 Å². The summed E-state index contributed by atoms with van der Waals surface area (Å²) >= 11 is 0. The molecule has 1 fully saturated rings. The number of hydrogen-bond donors (Lipinski definition) is 2. The second-order valence-electron chi connectivity index (χ2n) is 4.48. The SMILES string of the molecule is C=CCNC(=O)CN1CCN(C(=O)[C@H](C)N)CC1.Cl.Cl. The van der Waals surface area contributed by atoms with Crippen LogP contribution in [0.1, 0.15) is 6.92 Å². The van der Waals surface area contributed by atoms with Gasteiger partial charge in [-0.25, -0.2) is 0 Å². The molecular weight excluding hydrogens is 303 g/mol. The Hall–Kier alpha value is -0.820. The summed E-state index contributed by atoms with van der Waals surface area (Å²) in [6.45, 7) is 8.77. The predicted molar refractivity (Wildman–Crippen MR) is 84.4 cm³/mol. The molecule has 0 aromatic heterocycles. The third-order valence-electron chi connectivity index (χ3n) is 2.88. The molecule has 0 bridgehead atoms. The van der Waals surface area contributed by atoms with Crippen molar-refractivity contribution in [1.29, 1.82) is 0 Å². The van der Waals surface area contributed by atoms with Gasteiger partial charge < -0.3 is 16.0 Å². The maximum Gasteiger partial charge on any atom is 0.239 e. The van der Waals surface area contributed by atoms with Crippen molar-refractivity contribution in [2.24, 2.45) is 5.73 Å². The number of carbonyl (C=O) groups excluding carboxylic acids is 2. The highest BCUT2D eigenvalue weighted by molar-refractivity contribution is 5.85. The first-order valence-electron chi connectivity index (χ1n) is 6.19. The van der Waals surface area contributed by atoms with Crippen molar-refractivity contribution in [3.05, 3.63) is 12.7 Å². The number of halogens is 2. The van der Waals surface area contributed by atoms with Crippen molar-refractivity contribution < 1.29 is 9.59 Å². The molecule has 0 aromatic rings. The number of nitrogens with one attached hydrogen (secondary N) is 1. The van der Waals surface area contributed by atoms with Gasteiger partial charge in [0.05, 0.1) is 12.6 Å². The van der Waals surface area contributed by atoms with Gasteiger partial charge in [0.25, 0.3) is 0 Å². The van der Waals surface area contributed by atoms with Crippen LogP contribution in [-0.4, -0.2) is 66.9 Å². The summed E-state index contributed by atoms with van der Waals surface area (Å²) < 4.78 is 0. The van der Waals surface area contributed by atoms with Gasteiger partial charge in [-0.05, 0) is 6.92 Å². The number of amides is 2. The monoisotopic (exact) mass is 326 g/mol. The van der Waals surface area contributed by atoms with Crippen molar-refractivity contribution in [2.75, 3.05) is 39.3 Å². The Bertz CT molecular complexity index is 319. The normalized spacial score (nSPS) is 16.4. The topological polar surface area (TPSA) is 78.7 Å². The molecule has 0 spiro atoms. The van der Waals surface area contributed by atoms with E-state index in [-0.39, 0.29) is 36.6 Å². The molecular formula is C12H24Cl2N4O2.